The van der Waals surface area contributed by atoms with Gasteiger partial charge >= 0.3 is 0 Å². The van der Waals surface area contributed by atoms with Gasteiger partial charge in [-0.3, -0.25) is 14.7 Å². The van der Waals surface area contributed by atoms with Crippen molar-refractivity contribution in [2.24, 2.45) is 0 Å². The first-order chi connectivity index (χ1) is 17.4. The fourth-order valence-electron chi connectivity index (χ4n) is 6.11. The fourth-order valence-corrected chi connectivity index (χ4v) is 6.28. The van der Waals surface area contributed by atoms with Gasteiger partial charge in [0.05, 0.1) is 30.2 Å². The summed E-state index contributed by atoms with van der Waals surface area (Å²) in [5, 5.41) is 0.628. The highest BCUT2D eigenvalue weighted by Crippen LogP contribution is 2.44. The van der Waals surface area contributed by atoms with E-state index < -0.39 is 5.54 Å². The summed E-state index contributed by atoms with van der Waals surface area (Å²) in [5.74, 6) is 1.09. The van der Waals surface area contributed by atoms with Gasteiger partial charge in [0, 0.05) is 41.2 Å². The number of aromatic nitrogens is 1. The van der Waals surface area contributed by atoms with Crippen molar-refractivity contribution in [1.82, 2.24) is 9.88 Å². The summed E-state index contributed by atoms with van der Waals surface area (Å²) in [6.45, 7) is 8.15. The normalized spacial score (nSPS) is 22.0. The van der Waals surface area contributed by atoms with E-state index in [0.717, 1.165) is 37.2 Å². The summed E-state index contributed by atoms with van der Waals surface area (Å²) >= 11 is 6.25. The van der Waals surface area contributed by atoms with Crippen LogP contribution in [-0.2, 0) is 5.54 Å². The number of anilines is 1. The van der Waals surface area contributed by atoms with Gasteiger partial charge in [0.25, 0.3) is 5.91 Å². The van der Waals surface area contributed by atoms with Crippen LogP contribution in [0.1, 0.15) is 66.6 Å². The quantitative estimate of drug-likeness (QED) is 0.395. The van der Waals surface area contributed by atoms with E-state index in [-0.39, 0.29) is 12.0 Å². The zero-order valence-electron chi connectivity index (χ0n) is 20.9. The van der Waals surface area contributed by atoms with Gasteiger partial charge in [-0.15, -0.1) is 0 Å². The summed E-state index contributed by atoms with van der Waals surface area (Å²) in [6.07, 6.45) is 7.93. The second-order valence-corrected chi connectivity index (χ2v) is 10.8. The lowest BCUT2D eigenvalue weighted by Gasteiger charge is -2.32. The predicted octanol–water partition coefficient (Wildman–Crippen LogP) is 6.63. The van der Waals surface area contributed by atoms with Gasteiger partial charge in [0.15, 0.2) is 0 Å². The van der Waals surface area contributed by atoms with Crippen LogP contribution in [0.3, 0.4) is 0 Å². The molecule has 1 aromatic heterocycles. The molecule has 0 spiro atoms. The Morgan fingerprint density at radius 3 is 2.81 bits per heavy atom. The second kappa shape index (κ2) is 8.67. The minimum Gasteiger partial charge on any atom is -0.487 e. The third-order valence-electron chi connectivity index (χ3n) is 7.84. The van der Waals surface area contributed by atoms with Crippen LogP contribution in [0.2, 0.25) is 5.02 Å². The lowest BCUT2D eigenvalue weighted by molar-refractivity contribution is 0.0982. The van der Waals surface area contributed by atoms with Gasteiger partial charge in [-0.25, -0.2) is 0 Å². The molecule has 5 nitrogen and oxygen atoms in total. The number of nitrogens with zero attached hydrogens (tertiary/aromatic N) is 3. The molecule has 0 bridgehead atoms. The smallest absolute Gasteiger partial charge is 0.259 e. The number of fused-ring (bicyclic) bond motifs is 2. The Morgan fingerprint density at radius 2 is 1.97 bits per heavy atom. The van der Waals surface area contributed by atoms with Crippen LogP contribution in [0.25, 0.3) is 6.08 Å². The Balaban J connectivity index is 1.19. The van der Waals surface area contributed by atoms with Crippen LogP contribution in [0.4, 0.5) is 5.69 Å². The van der Waals surface area contributed by atoms with E-state index >= 15 is 0 Å². The highest BCUT2D eigenvalue weighted by molar-refractivity contribution is 6.31. The molecule has 36 heavy (non-hydrogen) atoms. The first kappa shape index (κ1) is 23.1. The number of pyridine rings is 1. The molecule has 1 fully saturated rings. The number of amides is 1. The number of rotatable bonds is 5. The van der Waals surface area contributed by atoms with Crippen LogP contribution < -0.4 is 9.64 Å². The molecule has 0 saturated carbocycles. The molecule has 2 aromatic carbocycles. The number of hydrogen-bond donors (Lipinski definition) is 0. The van der Waals surface area contributed by atoms with Crippen molar-refractivity contribution in [3.8, 4) is 5.75 Å². The standard InChI is InChI=1S/C30H30ClN3O2/c1-4-24-25-8-6-5-7-19(25)13-28(24)33-12-11-22(18-33)36-23-15-21(16-32-17-23)34-29(35)26-10-9-20(31)14-27(26)30(34,2)3/h5-10,13-17,22,24H,4,11-12,18H2,1-3H3. The Morgan fingerprint density at radius 1 is 1.14 bits per heavy atom. The fraction of sp³-hybridized carbons (Fsp3) is 0.333. The third kappa shape index (κ3) is 3.68. The van der Waals surface area contributed by atoms with Gasteiger partial charge in [-0.2, -0.15) is 0 Å². The number of hydrogen-bond acceptors (Lipinski definition) is 4. The Labute approximate surface area is 217 Å². The largest absolute Gasteiger partial charge is 0.487 e. The van der Waals surface area contributed by atoms with E-state index in [4.69, 9.17) is 16.3 Å². The van der Waals surface area contributed by atoms with Crippen molar-refractivity contribution in [2.45, 2.75) is 51.2 Å². The monoisotopic (exact) mass is 499 g/mol. The van der Waals surface area contributed by atoms with Crippen molar-refractivity contribution >= 4 is 29.3 Å². The summed E-state index contributed by atoms with van der Waals surface area (Å²) in [6, 6.07) is 16.1. The minimum absolute atomic E-state index is 0.0454. The molecule has 1 amide bonds. The third-order valence-corrected chi connectivity index (χ3v) is 8.08. The number of allylic oxidation sites excluding steroid dienone is 1. The molecule has 6 heteroatoms. The van der Waals surface area contributed by atoms with Crippen LogP contribution >= 0.6 is 11.6 Å². The van der Waals surface area contributed by atoms with Crippen LogP contribution in [-0.4, -0.2) is 35.0 Å². The molecule has 1 saturated heterocycles. The zero-order chi connectivity index (χ0) is 25.0. The number of benzene rings is 2. The van der Waals surface area contributed by atoms with E-state index in [1.807, 2.05) is 32.0 Å². The number of halogens is 1. The summed E-state index contributed by atoms with van der Waals surface area (Å²) in [5.41, 5.74) is 5.95. The van der Waals surface area contributed by atoms with E-state index in [9.17, 15) is 4.79 Å². The number of carbonyl (C=O) groups excluding carboxylic acids is 1. The lowest BCUT2D eigenvalue weighted by atomic mass is 9.93. The molecule has 3 heterocycles. The van der Waals surface area contributed by atoms with Crippen LogP contribution in [0, 0.1) is 0 Å². The molecule has 2 atom stereocenters. The van der Waals surface area contributed by atoms with Gasteiger partial charge in [-0.1, -0.05) is 42.8 Å². The van der Waals surface area contributed by atoms with Crippen molar-refractivity contribution in [1.29, 1.82) is 0 Å². The summed E-state index contributed by atoms with van der Waals surface area (Å²) in [4.78, 5) is 22.0. The number of likely N-dealkylation sites (tertiary alicyclic amines) is 1. The SMILES string of the molecule is CCC1C(N2CCC(Oc3cncc(N4C(=O)c5ccc(Cl)cc5C4(C)C)c3)C2)=Cc2ccccc21. The van der Waals surface area contributed by atoms with E-state index in [1.165, 1.54) is 16.8 Å². The number of carbonyl (C=O) groups is 1. The Kier molecular flexibility index (Phi) is 5.56. The first-order valence-corrected chi connectivity index (χ1v) is 13.1. The average Bonchev–Trinajstić information content (AvgIpc) is 3.52. The molecule has 0 radical (unpaired) electrons. The molecule has 6 rings (SSSR count). The number of ether oxygens (including phenoxy) is 1. The van der Waals surface area contributed by atoms with E-state index in [0.29, 0.717) is 22.3 Å². The van der Waals surface area contributed by atoms with Gasteiger partial charge < -0.3 is 9.64 Å². The Hall–Kier alpha value is -3.31. The van der Waals surface area contributed by atoms with E-state index in [2.05, 4.69) is 47.1 Å². The predicted molar refractivity (Wildman–Crippen MR) is 144 cm³/mol. The molecule has 3 aromatic rings. The van der Waals surface area contributed by atoms with Gasteiger partial charge in [-0.05, 0) is 61.2 Å². The lowest BCUT2D eigenvalue weighted by Crippen LogP contribution is -2.39. The van der Waals surface area contributed by atoms with Crippen molar-refractivity contribution in [3.05, 3.63) is 93.9 Å². The molecule has 184 valence electrons. The van der Waals surface area contributed by atoms with Crippen molar-refractivity contribution in [2.75, 3.05) is 18.0 Å². The topological polar surface area (TPSA) is 45.7 Å². The maximum absolute atomic E-state index is 13.3. The summed E-state index contributed by atoms with van der Waals surface area (Å²) in [7, 11) is 0. The maximum Gasteiger partial charge on any atom is 0.259 e. The molecule has 2 aliphatic heterocycles. The molecule has 3 aliphatic rings. The minimum atomic E-state index is -0.541. The average molecular weight is 500 g/mol. The molecule has 1 aliphatic carbocycles. The van der Waals surface area contributed by atoms with E-state index in [1.54, 1.807) is 23.4 Å². The maximum atomic E-state index is 13.3. The first-order valence-electron chi connectivity index (χ1n) is 12.7. The molecule has 0 N–H and O–H groups in total. The van der Waals surface area contributed by atoms with Crippen molar-refractivity contribution in [3.63, 3.8) is 0 Å². The highest BCUT2D eigenvalue weighted by atomic mass is 35.5. The van der Waals surface area contributed by atoms with Gasteiger partial charge in [0.1, 0.15) is 11.9 Å². The second-order valence-electron chi connectivity index (χ2n) is 10.4. The van der Waals surface area contributed by atoms with Crippen LogP contribution in [0.5, 0.6) is 5.75 Å². The van der Waals surface area contributed by atoms with Gasteiger partial charge in [0.2, 0.25) is 0 Å². The molecular formula is C30H30ClN3O2. The highest BCUT2D eigenvalue weighted by Gasteiger charge is 2.44. The Bertz CT molecular complexity index is 1380. The zero-order valence-corrected chi connectivity index (χ0v) is 21.6. The molecule has 2 unspecified atom stereocenters. The van der Waals surface area contributed by atoms with Crippen LogP contribution in [0.15, 0.2) is 66.6 Å². The summed E-state index contributed by atoms with van der Waals surface area (Å²) < 4.78 is 6.42. The van der Waals surface area contributed by atoms with Crippen molar-refractivity contribution < 1.29 is 9.53 Å². The molecular weight excluding hydrogens is 470 g/mol.